The summed E-state index contributed by atoms with van der Waals surface area (Å²) in [4.78, 5) is 2.45. The van der Waals surface area contributed by atoms with E-state index in [1.165, 1.54) is 32.1 Å². The van der Waals surface area contributed by atoms with Gasteiger partial charge in [0.2, 0.25) is 0 Å². The Morgan fingerprint density at radius 3 is 2.86 bits per heavy atom. The molecule has 21 heavy (non-hydrogen) atoms. The number of benzene rings is 1. The van der Waals surface area contributed by atoms with Gasteiger partial charge in [0.1, 0.15) is 5.82 Å². The van der Waals surface area contributed by atoms with Crippen molar-refractivity contribution in [3.8, 4) is 0 Å². The van der Waals surface area contributed by atoms with Crippen molar-refractivity contribution in [1.82, 2.24) is 5.32 Å². The van der Waals surface area contributed by atoms with Gasteiger partial charge in [-0.15, -0.1) is 0 Å². The van der Waals surface area contributed by atoms with Gasteiger partial charge in [-0.3, -0.25) is 0 Å². The first-order valence-corrected chi connectivity index (χ1v) is 8.41. The fourth-order valence-electron chi connectivity index (χ4n) is 3.25. The van der Waals surface area contributed by atoms with Crippen LogP contribution in [-0.4, -0.2) is 18.6 Å². The average Bonchev–Trinajstić information content (AvgIpc) is 2.46. The van der Waals surface area contributed by atoms with Crippen LogP contribution in [0.25, 0.3) is 0 Å². The van der Waals surface area contributed by atoms with Crippen molar-refractivity contribution in [2.24, 2.45) is 0 Å². The molecule has 0 saturated carbocycles. The number of nitrogens with one attached hydrogen (secondary N) is 1. The van der Waals surface area contributed by atoms with Crippen molar-refractivity contribution in [2.45, 2.75) is 71.5 Å². The normalized spacial score (nSPS) is 19.3. The molecule has 1 aromatic rings. The lowest BCUT2D eigenvalue weighted by atomic mass is 9.96. The second-order valence-electron chi connectivity index (χ2n) is 6.40. The van der Waals surface area contributed by atoms with Gasteiger partial charge in [-0.1, -0.05) is 33.3 Å². The van der Waals surface area contributed by atoms with Crippen LogP contribution >= 0.6 is 0 Å². The summed E-state index contributed by atoms with van der Waals surface area (Å²) in [7, 11) is 0. The Morgan fingerprint density at radius 1 is 1.33 bits per heavy atom. The summed E-state index contributed by atoms with van der Waals surface area (Å²) in [6, 6.07) is 6.46. The Bertz CT molecular complexity index is 443. The minimum atomic E-state index is -0.0820. The lowest BCUT2D eigenvalue weighted by Gasteiger charge is -2.39. The molecule has 2 rings (SSSR count). The Balaban J connectivity index is 2.25. The summed E-state index contributed by atoms with van der Waals surface area (Å²) < 4.78 is 14.3. The summed E-state index contributed by atoms with van der Waals surface area (Å²) >= 11 is 0. The quantitative estimate of drug-likeness (QED) is 0.831. The standard InChI is InChI=1S/C18H29FN2/c1-4-8-15-9-5-6-12-21(15)18-11-7-10-17(19)16(18)13-20-14(2)3/h7,10-11,14-15,20H,4-6,8-9,12-13H2,1-3H3. The summed E-state index contributed by atoms with van der Waals surface area (Å²) in [5, 5.41) is 3.36. The Labute approximate surface area is 128 Å². The first kappa shape index (κ1) is 16.3. The molecule has 0 spiro atoms. The molecule has 1 atom stereocenters. The van der Waals surface area contributed by atoms with Crippen LogP contribution < -0.4 is 10.2 Å². The van der Waals surface area contributed by atoms with Crippen molar-refractivity contribution in [1.29, 1.82) is 0 Å². The van der Waals surface area contributed by atoms with E-state index in [1.807, 2.05) is 6.07 Å². The van der Waals surface area contributed by atoms with E-state index in [0.29, 0.717) is 18.6 Å². The molecule has 3 heteroatoms. The van der Waals surface area contributed by atoms with E-state index in [4.69, 9.17) is 0 Å². The van der Waals surface area contributed by atoms with E-state index >= 15 is 0 Å². The zero-order chi connectivity index (χ0) is 15.2. The molecule has 0 amide bonds. The van der Waals surface area contributed by atoms with E-state index in [1.54, 1.807) is 6.07 Å². The van der Waals surface area contributed by atoms with Gasteiger partial charge in [-0.25, -0.2) is 4.39 Å². The van der Waals surface area contributed by atoms with Crippen molar-refractivity contribution < 1.29 is 4.39 Å². The van der Waals surface area contributed by atoms with Crippen LogP contribution in [-0.2, 0) is 6.54 Å². The Morgan fingerprint density at radius 2 is 2.14 bits per heavy atom. The number of hydrogen-bond donors (Lipinski definition) is 1. The Hall–Kier alpha value is -1.09. The van der Waals surface area contributed by atoms with Crippen LogP contribution in [0.2, 0.25) is 0 Å². The fraction of sp³-hybridized carbons (Fsp3) is 0.667. The molecule has 1 unspecified atom stereocenters. The van der Waals surface area contributed by atoms with Gasteiger partial charge in [-0.2, -0.15) is 0 Å². The minimum absolute atomic E-state index is 0.0820. The molecule has 1 saturated heterocycles. The SMILES string of the molecule is CCCC1CCCCN1c1cccc(F)c1CNC(C)C. The highest BCUT2D eigenvalue weighted by atomic mass is 19.1. The monoisotopic (exact) mass is 292 g/mol. The second kappa shape index (κ2) is 7.79. The second-order valence-corrected chi connectivity index (χ2v) is 6.40. The molecule has 0 bridgehead atoms. The summed E-state index contributed by atoms with van der Waals surface area (Å²) in [5.41, 5.74) is 1.93. The highest BCUT2D eigenvalue weighted by molar-refractivity contribution is 5.55. The predicted molar refractivity (Wildman–Crippen MR) is 88.3 cm³/mol. The molecule has 1 heterocycles. The van der Waals surface area contributed by atoms with Gasteiger partial charge in [0.25, 0.3) is 0 Å². The van der Waals surface area contributed by atoms with E-state index in [0.717, 1.165) is 17.8 Å². The first-order chi connectivity index (χ1) is 10.1. The molecule has 2 nitrogen and oxygen atoms in total. The van der Waals surface area contributed by atoms with Crippen molar-refractivity contribution in [3.05, 3.63) is 29.6 Å². The molecule has 1 aliphatic heterocycles. The van der Waals surface area contributed by atoms with Gasteiger partial charge in [0, 0.05) is 36.4 Å². The molecule has 118 valence electrons. The lowest BCUT2D eigenvalue weighted by Crippen LogP contribution is -2.40. The van der Waals surface area contributed by atoms with E-state index in [-0.39, 0.29) is 5.82 Å². The smallest absolute Gasteiger partial charge is 0.129 e. The van der Waals surface area contributed by atoms with Crippen LogP contribution in [0.15, 0.2) is 18.2 Å². The zero-order valence-corrected chi connectivity index (χ0v) is 13.7. The molecular weight excluding hydrogens is 263 g/mol. The van der Waals surface area contributed by atoms with Crippen LogP contribution in [0.5, 0.6) is 0 Å². The van der Waals surface area contributed by atoms with Crippen molar-refractivity contribution in [2.75, 3.05) is 11.4 Å². The van der Waals surface area contributed by atoms with Crippen LogP contribution in [0.4, 0.5) is 10.1 Å². The maximum Gasteiger partial charge on any atom is 0.129 e. The highest BCUT2D eigenvalue weighted by Gasteiger charge is 2.24. The van der Waals surface area contributed by atoms with E-state index in [9.17, 15) is 4.39 Å². The van der Waals surface area contributed by atoms with Crippen LogP contribution in [0.3, 0.4) is 0 Å². The Kier molecular flexibility index (Phi) is 6.04. The summed E-state index contributed by atoms with van der Waals surface area (Å²) in [5.74, 6) is -0.0820. The van der Waals surface area contributed by atoms with E-state index in [2.05, 4.69) is 37.1 Å². The predicted octanol–water partition coefficient (Wildman–Crippen LogP) is 4.48. The van der Waals surface area contributed by atoms with Crippen molar-refractivity contribution >= 4 is 5.69 Å². The third kappa shape index (κ3) is 4.19. The number of halogens is 1. The van der Waals surface area contributed by atoms with Gasteiger partial charge in [-0.05, 0) is 37.8 Å². The van der Waals surface area contributed by atoms with Gasteiger partial charge >= 0.3 is 0 Å². The lowest BCUT2D eigenvalue weighted by molar-refractivity contribution is 0.432. The third-order valence-electron chi connectivity index (χ3n) is 4.34. The maximum atomic E-state index is 14.3. The summed E-state index contributed by atoms with van der Waals surface area (Å²) in [6.07, 6.45) is 6.15. The third-order valence-corrected chi connectivity index (χ3v) is 4.34. The molecule has 1 fully saturated rings. The number of anilines is 1. The molecule has 0 radical (unpaired) electrons. The largest absolute Gasteiger partial charge is 0.368 e. The maximum absolute atomic E-state index is 14.3. The molecule has 0 aliphatic carbocycles. The van der Waals surface area contributed by atoms with Crippen molar-refractivity contribution in [3.63, 3.8) is 0 Å². The number of hydrogen-bond acceptors (Lipinski definition) is 2. The summed E-state index contributed by atoms with van der Waals surface area (Å²) in [6.45, 7) is 8.10. The minimum Gasteiger partial charge on any atom is -0.368 e. The fourth-order valence-corrected chi connectivity index (χ4v) is 3.25. The average molecular weight is 292 g/mol. The molecular formula is C18H29FN2. The highest BCUT2D eigenvalue weighted by Crippen LogP contribution is 2.31. The topological polar surface area (TPSA) is 15.3 Å². The van der Waals surface area contributed by atoms with Gasteiger partial charge < -0.3 is 10.2 Å². The molecule has 0 aromatic heterocycles. The number of rotatable bonds is 6. The van der Waals surface area contributed by atoms with Crippen LogP contribution in [0, 0.1) is 5.82 Å². The van der Waals surface area contributed by atoms with Gasteiger partial charge in [0.05, 0.1) is 0 Å². The van der Waals surface area contributed by atoms with E-state index < -0.39 is 0 Å². The molecule has 1 aliphatic rings. The molecule has 1 aromatic carbocycles. The molecule has 1 N–H and O–H groups in total. The number of nitrogens with zero attached hydrogens (tertiary/aromatic N) is 1. The zero-order valence-electron chi connectivity index (χ0n) is 13.7. The first-order valence-electron chi connectivity index (χ1n) is 8.41. The van der Waals surface area contributed by atoms with Crippen LogP contribution in [0.1, 0.15) is 58.4 Å². The van der Waals surface area contributed by atoms with Gasteiger partial charge in [0.15, 0.2) is 0 Å². The number of piperidine rings is 1.